The molecule has 1 heterocycles. The highest BCUT2D eigenvalue weighted by Gasteiger charge is 2.20. The molecule has 0 spiro atoms. The van der Waals surface area contributed by atoms with E-state index < -0.39 is 0 Å². The summed E-state index contributed by atoms with van der Waals surface area (Å²) in [5, 5.41) is 7.70. The molecule has 0 bridgehead atoms. The van der Waals surface area contributed by atoms with Gasteiger partial charge in [-0.05, 0) is 51.0 Å². The number of carbonyl (C=O) groups is 1. The van der Waals surface area contributed by atoms with Crippen LogP contribution in [0.2, 0.25) is 5.15 Å². The largest absolute Gasteiger partial charge is 0.372 e. The topological polar surface area (TPSA) is 50.2 Å². The summed E-state index contributed by atoms with van der Waals surface area (Å²) in [5.74, 6) is 0.174. The Hall–Kier alpha value is -2.01. The summed E-state index contributed by atoms with van der Waals surface area (Å²) in [4.78, 5) is 14.9. The fourth-order valence-electron chi connectivity index (χ4n) is 2.82. The molecule has 136 valence electrons. The maximum Gasteiger partial charge on any atom is 0.260 e. The molecule has 25 heavy (non-hydrogen) atoms. The van der Waals surface area contributed by atoms with Crippen molar-refractivity contribution < 1.29 is 4.79 Å². The average molecular weight is 363 g/mol. The molecule has 1 aromatic carbocycles. The van der Waals surface area contributed by atoms with Gasteiger partial charge in [-0.2, -0.15) is 5.10 Å². The Morgan fingerprint density at radius 3 is 2.36 bits per heavy atom. The van der Waals surface area contributed by atoms with Crippen molar-refractivity contribution in [3.8, 4) is 0 Å². The molecular weight excluding hydrogens is 336 g/mol. The second-order valence-corrected chi connectivity index (χ2v) is 6.86. The Bertz CT molecular complexity index is 718. The summed E-state index contributed by atoms with van der Waals surface area (Å²) >= 11 is 6.37. The van der Waals surface area contributed by atoms with E-state index in [0.29, 0.717) is 28.9 Å². The maximum absolute atomic E-state index is 12.6. The van der Waals surface area contributed by atoms with Crippen molar-refractivity contribution in [3.05, 3.63) is 40.7 Å². The van der Waals surface area contributed by atoms with Gasteiger partial charge in [-0.3, -0.25) is 9.48 Å². The van der Waals surface area contributed by atoms with Crippen LogP contribution >= 0.6 is 11.6 Å². The number of halogens is 1. The lowest BCUT2D eigenvalue weighted by molar-refractivity contribution is 0.102. The Kier molecular flexibility index (Phi) is 6.48. The molecule has 1 amide bonds. The summed E-state index contributed by atoms with van der Waals surface area (Å²) in [6.45, 7) is 12.8. The van der Waals surface area contributed by atoms with Crippen LogP contribution in [-0.2, 0) is 6.54 Å². The zero-order chi connectivity index (χ0) is 18.6. The van der Waals surface area contributed by atoms with Gasteiger partial charge in [0.25, 0.3) is 5.91 Å². The molecule has 0 fully saturated rings. The lowest BCUT2D eigenvalue weighted by Gasteiger charge is -2.21. The number of aryl methyl sites for hydroxylation is 1. The van der Waals surface area contributed by atoms with Crippen molar-refractivity contribution in [1.29, 1.82) is 0 Å². The lowest BCUT2D eigenvalue weighted by atomic mass is 10.2. The van der Waals surface area contributed by atoms with E-state index in [1.54, 1.807) is 11.6 Å². The number of anilines is 2. The van der Waals surface area contributed by atoms with Crippen LogP contribution in [0.15, 0.2) is 24.3 Å². The van der Waals surface area contributed by atoms with Crippen LogP contribution < -0.4 is 10.2 Å². The molecule has 1 N–H and O–H groups in total. The summed E-state index contributed by atoms with van der Waals surface area (Å²) in [6, 6.07) is 7.85. The van der Waals surface area contributed by atoms with E-state index in [-0.39, 0.29) is 5.91 Å². The third kappa shape index (κ3) is 4.54. The van der Waals surface area contributed by atoms with Gasteiger partial charge in [-0.25, -0.2) is 0 Å². The number of hydrogen-bond donors (Lipinski definition) is 1. The van der Waals surface area contributed by atoms with E-state index >= 15 is 0 Å². The number of carbonyl (C=O) groups excluding carboxylic acids is 1. The molecule has 0 atom stereocenters. The molecule has 0 saturated heterocycles. The first kappa shape index (κ1) is 19.3. The molecule has 2 aromatic rings. The van der Waals surface area contributed by atoms with Crippen LogP contribution in [0.1, 0.15) is 43.7 Å². The fourth-order valence-corrected chi connectivity index (χ4v) is 3.15. The first-order chi connectivity index (χ1) is 11.9. The van der Waals surface area contributed by atoms with E-state index in [4.69, 9.17) is 11.6 Å². The van der Waals surface area contributed by atoms with Gasteiger partial charge in [0, 0.05) is 31.0 Å². The molecule has 6 heteroatoms. The second kappa shape index (κ2) is 8.39. The summed E-state index contributed by atoms with van der Waals surface area (Å²) in [5.41, 5.74) is 2.97. The van der Waals surface area contributed by atoms with Gasteiger partial charge in [0.2, 0.25) is 0 Å². The third-order valence-electron chi connectivity index (χ3n) is 4.08. The normalized spacial score (nSPS) is 11.0. The van der Waals surface area contributed by atoms with Crippen LogP contribution in [0, 0.1) is 12.8 Å². The molecule has 0 saturated carbocycles. The SMILES string of the molecule is CCN(CC)c1ccc(NC(=O)c2c(C)nn(CC(C)C)c2Cl)cc1. The lowest BCUT2D eigenvalue weighted by Crippen LogP contribution is -2.21. The van der Waals surface area contributed by atoms with Gasteiger partial charge >= 0.3 is 0 Å². The van der Waals surface area contributed by atoms with E-state index in [1.807, 2.05) is 24.3 Å². The van der Waals surface area contributed by atoms with E-state index in [1.165, 1.54) is 0 Å². The number of amides is 1. The van der Waals surface area contributed by atoms with Gasteiger partial charge in [0.15, 0.2) is 0 Å². The van der Waals surface area contributed by atoms with Crippen LogP contribution in [-0.4, -0.2) is 28.8 Å². The zero-order valence-corrected chi connectivity index (χ0v) is 16.4. The predicted octanol–water partition coefficient (Wildman–Crippen LogP) is 4.60. The number of nitrogens with zero attached hydrogens (tertiary/aromatic N) is 3. The minimum atomic E-state index is -0.229. The second-order valence-electron chi connectivity index (χ2n) is 6.50. The van der Waals surface area contributed by atoms with Crippen LogP contribution in [0.5, 0.6) is 0 Å². The van der Waals surface area contributed by atoms with Gasteiger partial charge < -0.3 is 10.2 Å². The Labute approximate surface area is 155 Å². The molecule has 0 aliphatic heterocycles. The Morgan fingerprint density at radius 1 is 1.24 bits per heavy atom. The summed E-state index contributed by atoms with van der Waals surface area (Å²) in [7, 11) is 0. The van der Waals surface area contributed by atoms with Crippen molar-refractivity contribution in [3.63, 3.8) is 0 Å². The van der Waals surface area contributed by atoms with Crippen molar-refractivity contribution in [2.75, 3.05) is 23.3 Å². The standard InChI is InChI=1S/C19H27ClN4O/c1-6-23(7-2)16-10-8-15(9-11-16)21-19(25)17-14(5)22-24(18(17)20)12-13(3)4/h8-11,13H,6-7,12H2,1-5H3,(H,21,25). The van der Waals surface area contributed by atoms with Crippen molar-refractivity contribution >= 4 is 28.9 Å². The smallest absolute Gasteiger partial charge is 0.260 e. The quantitative estimate of drug-likeness (QED) is 0.783. The Morgan fingerprint density at radius 2 is 1.84 bits per heavy atom. The van der Waals surface area contributed by atoms with Crippen LogP contribution in [0.4, 0.5) is 11.4 Å². The van der Waals surface area contributed by atoms with Crippen molar-refractivity contribution in [2.45, 2.75) is 41.2 Å². The molecule has 1 aromatic heterocycles. The predicted molar refractivity (Wildman–Crippen MR) is 105 cm³/mol. The number of nitrogens with one attached hydrogen (secondary N) is 1. The minimum absolute atomic E-state index is 0.229. The fraction of sp³-hybridized carbons (Fsp3) is 0.474. The monoisotopic (exact) mass is 362 g/mol. The van der Waals surface area contributed by atoms with Gasteiger partial charge in [0.1, 0.15) is 5.15 Å². The summed E-state index contributed by atoms with van der Waals surface area (Å²) in [6.07, 6.45) is 0. The van der Waals surface area contributed by atoms with E-state index in [0.717, 1.165) is 24.5 Å². The molecule has 0 unspecified atom stereocenters. The molecular formula is C19H27ClN4O. The zero-order valence-electron chi connectivity index (χ0n) is 15.6. The van der Waals surface area contributed by atoms with Crippen LogP contribution in [0.25, 0.3) is 0 Å². The first-order valence-corrected chi connectivity index (χ1v) is 9.14. The van der Waals surface area contributed by atoms with E-state index in [9.17, 15) is 4.79 Å². The maximum atomic E-state index is 12.6. The van der Waals surface area contributed by atoms with Crippen LogP contribution in [0.3, 0.4) is 0 Å². The molecule has 0 radical (unpaired) electrons. The molecule has 5 nitrogen and oxygen atoms in total. The van der Waals surface area contributed by atoms with Gasteiger partial charge in [-0.15, -0.1) is 0 Å². The summed E-state index contributed by atoms with van der Waals surface area (Å²) < 4.78 is 1.69. The third-order valence-corrected chi connectivity index (χ3v) is 4.47. The number of rotatable bonds is 7. The molecule has 0 aliphatic rings. The highest BCUT2D eigenvalue weighted by molar-refractivity contribution is 6.33. The average Bonchev–Trinajstić information content (AvgIpc) is 2.83. The van der Waals surface area contributed by atoms with Crippen molar-refractivity contribution in [1.82, 2.24) is 9.78 Å². The van der Waals surface area contributed by atoms with Crippen molar-refractivity contribution in [2.24, 2.45) is 5.92 Å². The van der Waals surface area contributed by atoms with Gasteiger partial charge in [-0.1, -0.05) is 25.4 Å². The Balaban J connectivity index is 2.16. The van der Waals surface area contributed by atoms with E-state index in [2.05, 4.69) is 43.0 Å². The van der Waals surface area contributed by atoms with Gasteiger partial charge in [0.05, 0.1) is 11.3 Å². The molecule has 0 aliphatic carbocycles. The number of benzene rings is 1. The highest BCUT2D eigenvalue weighted by Crippen LogP contribution is 2.23. The highest BCUT2D eigenvalue weighted by atomic mass is 35.5. The first-order valence-electron chi connectivity index (χ1n) is 8.76. The molecule has 2 rings (SSSR count). The minimum Gasteiger partial charge on any atom is -0.372 e. The number of hydrogen-bond acceptors (Lipinski definition) is 3. The number of aromatic nitrogens is 2.